The van der Waals surface area contributed by atoms with Crippen LogP contribution in [0.1, 0.15) is 22.3 Å². The van der Waals surface area contributed by atoms with Gasteiger partial charge in [-0.25, -0.2) is 4.39 Å². The Labute approximate surface area is 178 Å². The Bertz CT molecular complexity index is 1080. The lowest BCUT2D eigenvalue weighted by molar-refractivity contribution is 0.132. The molecule has 0 bridgehead atoms. The lowest BCUT2D eigenvalue weighted by Crippen LogP contribution is -2.00. The highest BCUT2D eigenvalue weighted by Crippen LogP contribution is 2.36. The maximum atomic E-state index is 13.0. The van der Waals surface area contributed by atoms with Gasteiger partial charge < -0.3 is 14.3 Å². The van der Waals surface area contributed by atoms with Gasteiger partial charge in [0, 0.05) is 11.1 Å². The van der Waals surface area contributed by atoms with Gasteiger partial charge in [-0.1, -0.05) is 47.1 Å². The summed E-state index contributed by atoms with van der Waals surface area (Å²) in [6.07, 6.45) is 1.49. The van der Waals surface area contributed by atoms with Crippen molar-refractivity contribution in [3.05, 3.63) is 93.8 Å². The highest BCUT2D eigenvalue weighted by atomic mass is 35.5. The Hall–Kier alpha value is -3.56. The molecule has 0 fully saturated rings. The van der Waals surface area contributed by atoms with Crippen LogP contribution in [0.25, 0.3) is 0 Å². The molecule has 30 heavy (non-hydrogen) atoms. The standard InChI is InChI=1S/C23H18ClFN2O3/c1-28-22-11-17(13-27-30-15-19-5-3-2-4-18(19)12-26)10-21(24)23(22)29-14-16-6-8-20(25)9-7-16/h2-11,13H,14-15H2,1H3/b27-13-. The van der Waals surface area contributed by atoms with Gasteiger partial charge in [0.05, 0.1) is 30.0 Å². The summed E-state index contributed by atoms with van der Waals surface area (Å²) in [5.41, 5.74) is 2.74. The quantitative estimate of drug-likeness (QED) is 0.354. The number of hydrogen-bond donors (Lipinski definition) is 0. The number of methoxy groups -OCH3 is 1. The maximum Gasteiger partial charge on any atom is 0.180 e. The van der Waals surface area contributed by atoms with E-state index in [0.29, 0.717) is 27.6 Å². The average molecular weight is 425 g/mol. The Morgan fingerprint density at radius 3 is 2.60 bits per heavy atom. The van der Waals surface area contributed by atoms with E-state index in [1.54, 1.807) is 42.5 Å². The van der Waals surface area contributed by atoms with Crippen LogP contribution < -0.4 is 9.47 Å². The summed E-state index contributed by atoms with van der Waals surface area (Å²) in [6, 6.07) is 18.6. The first-order valence-corrected chi connectivity index (χ1v) is 9.36. The molecule has 0 heterocycles. The second-order valence-electron chi connectivity index (χ2n) is 6.23. The van der Waals surface area contributed by atoms with Crippen LogP contribution in [0.4, 0.5) is 4.39 Å². The molecule has 0 saturated carbocycles. The molecule has 3 aromatic rings. The minimum Gasteiger partial charge on any atom is -0.493 e. The van der Waals surface area contributed by atoms with Crippen LogP contribution in [0.5, 0.6) is 11.5 Å². The van der Waals surface area contributed by atoms with E-state index in [0.717, 1.165) is 11.1 Å². The summed E-state index contributed by atoms with van der Waals surface area (Å²) >= 11 is 6.35. The van der Waals surface area contributed by atoms with E-state index >= 15 is 0 Å². The third kappa shape index (κ3) is 5.49. The van der Waals surface area contributed by atoms with Crippen LogP contribution in [-0.4, -0.2) is 13.3 Å². The largest absolute Gasteiger partial charge is 0.493 e. The Morgan fingerprint density at radius 1 is 1.10 bits per heavy atom. The Morgan fingerprint density at radius 2 is 1.87 bits per heavy atom. The third-order valence-electron chi connectivity index (χ3n) is 4.18. The van der Waals surface area contributed by atoms with Gasteiger partial charge in [-0.05, 0) is 35.9 Å². The zero-order valence-corrected chi connectivity index (χ0v) is 16.9. The van der Waals surface area contributed by atoms with Gasteiger partial charge in [-0.2, -0.15) is 5.26 Å². The fourth-order valence-electron chi connectivity index (χ4n) is 2.65. The molecule has 3 rings (SSSR count). The molecule has 5 nitrogen and oxygen atoms in total. The predicted octanol–water partition coefficient (Wildman–Crippen LogP) is 5.49. The molecule has 0 amide bonds. The molecule has 0 N–H and O–H groups in total. The van der Waals surface area contributed by atoms with Crippen molar-refractivity contribution < 1.29 is 18.7 Å². The van der Waals surface area contributed by atoms with Gasteiger partial charge in [-0.15, -0.1) is 0 Å². The van der Waals surface area contributed by atoms with Crippen LogP contribution in [0.2, 0.25) is 5.02 Å². The zero-order chi connectivity index (χ0) is 21.3. The number of hydrogen-bond acceptors (Lipinski definition) is 5. The second kappa shape index (κ2) is 10.3. The first-order chi connectivity index (χ1) is 14.6. The summed E-state index contributed by atoms with van der Waals surface area (Å²) in [5.74, 6) is 0.502. The predicted molar refractivity (Wildman–Crippen MR) is 112 cm³/mol. The summed E-state index contributed by atoms with van der Waals surface area (Å²) in [7, 11) is 1.51. The molecule has 152 valence electrons. The molecule has 0 radical (unpaired) electrons. The van der Waals surface area contributed by atoms with Crippen LogP contribution in [-0.2, 0) is 18.1 Å². The molecule has 0 unspecified atom stereocenters. The van der Waals surface area contributed by atoms with E-state index < -0.39 is 0 Å². The smallest absolute Gasteiger partial charge is 0.180 e. The highest BCUT2D eigenvalue weighted by molar-refractivity contribution is 6.32. The fourth-order valence-corrected chi connectivity index (χ4v) is 2.92. The van der Waals surface area contributed by atoms with Crippen molar-refractivity contribution in [2.45, 2.75) is 13.2 Å². The van der Waals surface area contributed by atoms with Gasteiger partial charge in [0.25, 0.3) is 0 Å². The number of nitrogens with zero attached hydrogens (tertiary/aromatic N) is 2. The van der Waals surface area contributed by atoms with E-state index in [2.05, 4.69) is 11.2 Å². The van der Waals surface area contributed by atoms with Crippen molar-refractivity contribution in [3.63, 3.8) is 0 Å². The van der Waals surface area contributed by atoms with E-state index in [9.17, 15) is 4.39 Å². The van der Waals surface area contributed by atoms with Crippen LogP contribution in [0.3, 0.4) is 0 Å². The zero-order valence-electron chi connectivity index (χ0n) is 16.1. The van der Waals surface area contributed by atoms with Crippen molar-refractivity contribution in [2.75, 3.05) is 7.11 Å². The van der Waals surface area contributed by atoms with E-state index in [1.165, 1.54) is 25.5 Å². The number of rotatable bonds is 8. The molecule has 0 atom stereocenters. The number of oxime groups is 1. The molecule has 0 aliphatic rings. The molecular weight excluding hydrogens is 407 g/mol. The number of halogens is 2. The Balaban J connectivity index is 1.66. The van der Waals surface area contributed by atoms with Crippen LogP contribution in [0.15, 0.2) is 65.8 Å². The lowest BCUT2D eigenvalue weighted by atomic mass is 10.1. The average Bonchev–Trinajstić information content (AvgIpc) is 2.77. The van der Waals surface area contributed by atoms with E-state index in [1.807, 2.05) is 6.07 Å². The summed E-state index contributed by atoms with van der Waals surface area (Å²) in [4.78, 5) is 5.30. The van der Waals surface area contributed by atoms with Crippen LogP contribution >= 0.6 is 11.6 Å². The summed E-state index contributed by atoms with van der Waals surface area (Å²) < 4.78 is 24.2. The van der Waals surface area contributed by atoms with E-state index in [4.69, 9.17) is 31.2 Å². The number of benzene rings is 3. The summed E-state index contributed by atoms with van der Waals surface area (Å²) in [5, 5.41) is 13.4. The van der Waals surface area contributed by atoms with Gasteiger partial charge in [0.1, 0.15) is 19.0 Å². The van der Waals surface area contributed by atoms with Crippen molar-refractivity contribution in [1.82, 2.24) is 0 Å². The van der Waals surface area contributed by atoms with Gasteiger partial charge in [0.15, 0.2) is 11.5 Å². The lowest BCUT2D eigenvalue weighted by Gasteiger charge is -2.13. The number of nitriles is 1. The van der Waals surface area contributed by atoms with Gasteiger partial charge in [0.2, 0.25) is 0 Å². The van der Waals surface area contributed by atoms with Crippen molar-refractivity contribution in [1.29, 1.82) is 5.26 Å². The second-order valence-corrected chi connectivity index (χ2v) is 6.63. The minimum atomic E-state index is -0.309. The summed E-state index contributed by atoms with van der Waals surface area (Å²) in [6.45, 7) is 0.384. The molecular formula is C23H18ClFN2O3. The Kier molecular flexibility index (Phi) is 7.25. The van der Waals surface area contributed by atoms with Gasteiger partial charge >= 0.3 is 0 Å². The third-order valence-corrected chi connectivity index (χ3v) is 4.46. The number of ether oxygens (including phenoxy) is 2. The maximum absolute atomic E-state index is 13.0. The molecule has 7 heteroatoms. The van der Waals surface area contributed by atoms with Crippen molar-refractivity contribution >= 4 is 17.8 Å². The van der Waals surface area contributed by atoms with E-state index in [-0.39, 0.29) is 19.0 Å². The van der Waals surface area contributed by atoms with Crippen molar-refractivity contribution in [2.24, 2.45) is 5.16 Å². The molecule has 0 aliphatic carbocycles. The van der Waals surface area contributed by atoms with Gasteiger partial charge in [-0.3, -0.25) is 0 Å². The van der Waals surface area contributed by atoms with Crippen LogP contribution in [0, 0.1) is 17.1 Å². The monoisotopic (exact) mass is 424 g/mol. The normalized spacial score (nSPS) is 10.6. The fraction of sp³-hybridized carbons (Fsp3) is 0.130. The topological polar surface area (TPSA) is 63.8 Å². The minimum absolute atomic E-state index is 0.171. The molecule has 0 aromatic heterocycles. The molecule has 0 aliphatic heterocycles. The first kappa shape index (κ1) is 21.2. The molecule has 3 aromatic carbocycles. The highest BCUT2D eigenvalue weighted by Gasteiger charge is 2.12. The first-order valence-electron chi connectivity index (χ1n) is 8.99. The SMILES string of the molecule is COc1cc(/C=N\OCc2ccccc2C#N)cc(Cl)c1OCc1ccc(F)cc1. The molecule has 0 spiro atoms. The molecule has 0 saturated heterocycles. The van der Waals surface area contributed by atoms with Crippen molar-refractivity contribution in [3.8, 4) is 17.6 Å².